The Kier molecular flexibility index (Phi) is 4.43. The van der Waals surface area contributed by atoms with Gasteiger partial charge in [0.05, 0.1) is 12.8 Å². The molecule has 1 fully saturated rings. The van der Waals surface area contributed by atoms with Crippen LogP contribution in [-0.4, -0.2) is 27.8 Å². The van der Waals surface area contributed by atoms with Crippen molar-refractivity contribution < 1.29 is 9.53 Å². The lowest BCUT2D eigenvalue weighted by molar-refractivity contribution is 0.0940. The van der Waals surface area contributed by atoms with E-state index >= 15 is 0 Å². The molecule has 2 N–H and O–H groups in total. The second kappa shape index (κ2) is 6.90. The number of carbonyl (C=O) groups excluding carboxylic acids is 1. The lowest BCUT2D eigenvalue weighted by Gasteiger charge is -2.08. The molecule has 0 radical (unpaired) electrons. The fourth-order valence-corrected chi connectivity index (χ4v) is 3.19. The quantitative estimate of drug-likeness (QED) is 0.702. The number of hydrogen-bond donors (Lipinski definition) is 2. The van der Waals surface area contributed by atoms with Gasteiger partial charge in [-0.25, -0.2) is 0 Å². The van der Waals surface area contributed by atoms with Crippen LogP contribution in [0.25, 0.3) is 10.9 Å². The molecule has 0 aliphatic heterocycles. The lowest BCUT2D eigenvalue weighted by atomic mass is 10.1. The Morgan fingerprint density at radius 3 is 2.85 bits per heavy atom. The number of aromatic amines is 1. The van der Waals surface area contributed by atoms with E-state index in [0.717, 1.165) is 29.4 Å². The maximum atomic E-state index is 12.6. The first-order valence-electron chi connectivity index (χ1n) is 9.15. The zero-order valence-electron chi connectivity index (χ0n) is 15.4. The highest BCUT2D eigenvalue weighted by Gasteiger charge is 2.28. The van der Waals surface area contributed by atoms with Crippen LogP contribution in [0.1, 0.15) is 47.4 Å². The van der Waals surface area contributed by atoms with Crippen LogP contribution >= 0.6 is 0 Å². The van der Waals surface area contributed by atoms with Gasteiger partial charge in [0.1, 0.15) is 11.4 Å². The van der Waals surface area contributed by atoms with Crippen LogP contribution in [-0.2, 0) is 13.1 Å². The van der Waals surface area contributed by atoms with Gasteiger partial charge >= 0.3 is 0 Å². The van der Waals surface area contributed by atoms with Gasteiger partial charge in [-0.15, -0.1) is 0 Å². The van der Waals surface area contributed by atoms with Crippen LogP contribution in [0.15, 0.2) is 35.1 Å². The minimum atomic E-state index is -0.221. The maximum Gasteiger partial charge on any atom is 0.269 e. The standard InChI is InChI=1S/C20H22N4O3/c1-3-24-18(10-17(23-24)12-4-5-12)20(26)21-11-14-8-13-9-15(27-2)6-7-16(13)22-19(14)25/h6-10,12H,3-5,11H2,1-2H3,(H,21,26)(H,22,25). The Morgan fingerprint density at radius 1 is 1.33 bits per heavy atom. The molecule has 4 rings (SSSR count). The molecule has 1 aromatic carbocycles. The third kappa shape index (κ3) is 3.45. The lowest BCUT2D eigenvalue weighted by Crippen LogP contribution is -2.28. The van der Waals surface area contributed by atoms with Crippen molar-refractivity contribution in [1.29, 1.82) is 0 Å². The van der Waals surface area contributed by atoms with Gasteiger partial charge in [-0.05, 0) is 50.1 Å². The fraction of sp³-hybridized carbons (Fsp3) is 0.350. The summed E-state index contributed by atoms with van der Waals surface area (Å²) < 4.78 is 6.95. The highest BCUT2D eigenvalue weighted by atomic mass is 16.5. The van der Waals surface area contributed by atoms with Crippen LogP contribution in [0.4, 0.5) is 0 Å². The van der Waals surface area contributed by atoms with Gasteiger partial charge in [0, 0.05) is 35.5 Å². The van der Waals surface area contributed by atoms with E-state index in [1.165, 1.54) is 0 Å². The molecule has 1 aliphatic carbocycles. The third-order valence-corrected chi connectivity index (χ3v) is 4.89. The summed E-state index contributed by atoms with van der Waals surface area (Å²) in [7, 11) is 1.60. The summed E-state index contributed by atoms with van der Waals surface area (Å²) in [5.41, 5.74) is 2.54. The number of methoxy groups -OCH3 is 1. The minimum Gasteiger partial charge on any atom is -0.497 e. The molecule has 7 heteroatoms. The summed E-state index contributed by atoms with van der Waals surface area (Å²) in [5, 5.41) is 8.22. The molecular weight excluding hydrogens is 344 g/mol. The molecule has 3 aromatic rings. The largest absolute Gasteiger partial charge is 0.497 e. The topological polar surface area (TPSA) is 89.0 Å². The van der Waals surface area contributed by atoms with Crippen LogP contribution in [0.2, 0.25) is 0 Å². The second-order valence-electron chi connectivity index (χ2n) is 6.80. The Hall–Kier alpha value is -3.09. The molecular formula is C20H22N4O3. The van der Waals surface area contributed by atoms with E-state index in [1.807, 2.05) is 19.1 Å². The Labute approximate surface area is 156 Å². The van der Waals surface area contributed by atoms with Crippen molar-refractivity contribution in [3.8, 4) is 5.75 Å². The summed E-state index contributed by atoms with van der Waals surface area (Å²) in [6.45, 7) is 2.74. The number of H-pyrrole nitrogens is 1. The molecule has 0 atom stereocenters. The van der Waals surface area contributed by atoms with Gasteiger partial charge in [0.2, 0.25) is 0 Å². The average molecular weight is 366 g/mol. The second-order valence-corrected chi connectivity index (χ2v) is 6.80. The van der Waals surface area contributed by atoms with E-state index in [9.17, 15) is 9.59 Å². The van der Waals surface area contributed by atoms with Gasteiger partial charge < -0.3 is 15.0 Å². The van der Waals surface area contributed by atoms with Gasteiger partial charge in [-0.1, -0.05) is 0 Å². The van der Waals surface area contributed by atoms with Gasteiger partial charge in [0.15, 0.2) is 0 Å². The number of fused-ring (bicyclic) bond motifs is 1. The number of amides is 1. The molecule has 27 heavy (non-hydrogen) atoms. The van der Waals surface area contributed by atoms with Crippen molar-refractivity contribution in [2.24, 2.45) is 0 Å². The van der Waals surface area contributed by atoms with Crippen molar-refractivity contribution in [2.75, 3.05) is 7.11 Å². The number of ether oxygens (including phenoxy) is 1. The van der Waals surface area contributed by atoms with Gasteiger partial charge in [-0.2, -0.15) is 5.10 Å². The Bertz CT molecular complexity index is 1060. The number of aryl methyl sites for hydroxylation is 1. The molecule has 2 heterocycles. The SMILES string of the molecule is CCn1nc(C2CC2)cc1C(=O)NCc1cc2cc(OC)ccc2[nH]c1=O. The van der Waals surface area contributed by atoms with Crippen molar-refractivity contribution in [1.82, 2.24) is 20.1 Å². The maximum absolute atomic E-state index is 12.6. The Balaban J connectivity index is 1.55. The summed E-state index contributed by atoms with van der Waals surface area (Å²) >= 11 is 0. The number of nitrogens with zero attached hydrogens (tertiary/aromatic N) is 2. The molecule has 1 aliphatic rings. The molecule has 0 unspecified atom stereocenters. The van der Waals surface area contributed by atoms with E-state index in [0.29, 0.717) is 29.5 Å². The monoisotopic (exact) mass is 366 g/mol. The summed E-state index contributed by atoms with van der Waals surface area (Å²) in [6, 6.07) is 9.10. The first-order valence-corrected chi connectivity index (χ1v) is 9.15. The number of rotatable bonds is 6. The first kappa shape index (κ1) is 17.3. The molecule has 140 valence electrons. The molecule has 1 amide bonds. The zero-order valence-corrected chi connectivity index (χ0v) is 15.4. The number of hydrogen-bond acceptors (Lipinski definition) is 4. The van der Waals surface area contributed by atoms with Crippen LogP contribution in [0.3, 0.4) is 0 Å². The van der Waals surface area contributed by atoms with Crippen LogP contribution in [0, 0.1) is 0 Å². The van der Waals surface area contributed by atoms with Crippen LogP contribution in [0.5, 0.6) is 5.75 Å². The minimum absolute atomic E-state index is 0.148. The van der Waals surface area contributed by atoms with E-state index in [1.54, 1.807) is 30.0 Å². The third-order valence-electron chi connectivity index (χ3n) is 4.89. The van der Waals surface area contributed by atoms with E-state index in [4.69, 9.17) is 4.74 Å². The molecule has 2 aromatic heterocycles. The Morgan fingerprint density at radius 2 is 2.15 bits per heavy atom. The molecule has 0 saturated heterocycles. The highest BCUT2D eigenvalue weighted by molar-refractivity contribution is 5.92. The van der Waals surface area contributed by atoms with Crippen molar-refractivity contribution in [3.05, 3.63) is 57.6 Å². The molecule has 0 spiro atoms. The smallest absolute Gasteiger partial charge is 0.269 e. The number of benzene rings is 1. The summed E-state index contributed by atoms with van der Waals surface area (Å²) in [6.07, 6.45) is 2.27. The predicted octanol–water partition coefficient (Wildman–Crippen LogP) is 2.56. The molecule has 1 saturated carbocycles. The zero-order chi connectivity index (χ0) is 19.0. The normalized spacial score (nSPS) is 13.7. The summed E-state index contributed by atoms with van der Waals surface area (Å²) in [4.78, 5) is 27.8. The van der Waals surface area contributed by atoms with E-state index in [-0.39, 0.29) is 18.0 Å². The fourth-order valence-electron chi connectivity index (χ4n) is 3.19. The highest BCUT2D eigenvalue weighted by Crippen LogP contribution is 2.39. The average Bonchev–Trinajstić information content (AvgIpc) is 3.44. The van der Waals surface area contributed by atoms with Gasteiger partial charge in [0.25, 0.3) is 11.5 Å². The number of nitrogens with one attached hydrogen (secondary N) is 2. The van der Waals surface area contributed by atoms with Crippen molar-refractivity contribution >= 4 is 16.8 Å². The van der Waals surface area contributed by atoms with E-state index in [2.05, 4.69) is 15.4 Å². The number of pyridine rings is 1. The van der Waals surface area contributed by atoms with E-state index < -0.39 is 0 Å². The predicted molar refractivity (Wildman–Crippen MR) is 102 cm³/mol. The number of carbonyl (C=O) groups is 1. The first-order chi connectivity index (χ1) is 13.1. The van der Waals surface area contributed by atoms with Crippen LogP contribution < -0.4 is 15.6 Å². The van der Waals surface area contributed by atoms with Crippen molar-refractivity contribution in [2.45, 2.75) is 38.8 Å². The summed E-state index contributed by atoms with van der Waals surface area (Å²) in [5.74, 6) is 0.980. The molecule has 0 bridgehead atoms. The van der Waals surface area contributed by atoms with Crippen molar-refractivity contribution in [3.63, 3.8) is 0 Å². The molecule has 7 nitrogen and oxygen atoms in total. The van der Waals surface area contributed by atoms with Gasteiger partial charge in [-0.3, -0.25) is 14.3 Å². The number of aromatic nitrogens is 3.